The van der Waals surface area contributed by atoms with Crippen LogP contribution < -0.4 is 10.1 Å². The van der Waals surface area contributed by atoms with Crippen LogP contribution in [-0.4, -0.2) is 44.7 Å². The number of unbranched alkanes of at least 4 members (excludes halogenated alkanes) is 7. The summed E-state index contributed by atoms with van der Waals surface area (Å²) in [6.07, 6.45) is 14.3. The van der Waals surface area contributed by atoms with E-state index >= 15 is 0 Å². The first-order valence-corrected chi connectivity index (χ1v) is 11.7. The highest BCUT2D eigenvalue weighted by atomic mass is 16.5. The van der Waals surface area contributed by atoms with E-state index in [2.05, 4.69) is 62.4 Å². The normalized spacial score (nSPS) is 12.5. The number of aryl methyl sites for hydroxylation is 1. The summed E-state index contributed by atoms with van der Waals surface area (Å²) in [5.74, 6) is 1.02. The summed E-state index contributed by atoms with van der Waals surface area (Å²) in [7, 11) is 4.26. The molecule has 0 radical (unpaired) electrons. The van der Waals surface area contributed by atoms with E-state index in [1.54, 1.807) is 0 Å². The molecule has 1 rings (SSSR count). The highest BCUT2D eigenvalue weighted by molar-refractivity contribution is 5.27. The first-order chi connectivity index (χ1) is 13.6. The largest absolute Gasteiger partial charge is 0.494 e. The van der Waals surface area contributed by atoms with Crippen LogP contribution in [0.5, 0.6) is 5.75 Å². The lowest BCUT2D eigenvalue weighted by atomic mass is 10.1. The van der Waals surface area contributed by atoms with E-state index in [0.29, 0.717) is 6.04 Å². The minimum atomic E-state index is 0.570. The van der Waals surface area contributed by atoms with Gasteiger partial charge in [-0.1, -0.05) is 64.0 Å². The number of nitrogens with zero attached hydrogens (tertiary/aromatic N) is 1. The molecule has 0 aliphatic heterocycles. The lowest BCUT2D eigenvalue weighted by Crippen LogP contribution is -2.29. The molecular weight excluding hydrogens is 344 g/mol. The van der Waals surface area contributed by atoms with Crippen molar-refractivity contribution >= 4 is 0 Å². The van der Waals surface area contributed by atoms with Gasteiger partial charge in [0.2, 0.25) is 0 Å². The van der Waals surface area contributed by atoms with E-state index in [9.17, 15) is 0 Å². The number of benzene rings is 1. The third-order valence-electron chi connectivity index (χ3n) is 5.33. The van der Waals surface area contributed by atoms with Crippen molar-refractivity contribution in [2.75, 3.05) is 33.8 Å². The molecule has 0 amide bonds. The Morgan fingerprint density at radius 2 is 1.54 bits per heavy atom. The Hall–Kier alpha value is -1.06. The van der Waals surface area contributed by atoms with Gasteiger partial charge in [-0.05, 0) is 77.5 Å². The zero-order chi connectivity index (χ0) is 20.5. The number of hydrogen-bond acceptors (Lipinski definition) is 3. The number of rotatable bonds is 18. The fraction of sp³-hybridized carbons (Fsp3) is 0.760. The molecule has 1 unspecified atom stereocenters. The Bertz CT molecular complexity index is 458. The lowest BCUT2D eigenvalue weighted by molar-refractivity contribution is 0.304. The van der Waals surface area contributed by atoms with E-state index in [1.807, 2.05) is 0 Å². The molecule has 1 N–H and O–H groups in total. The van der Waals surface area contributed by atoms with Crippen LogP contribution in [0.4, 0.5) is 0 Å². The fourth-order valence-corrected chi connectivity index (χ4v) is 3.41. The van der Waals surface area contributed by atoms with Crippen LogP contribution in [0, 0.1) is 0 Å². The van der Waals surface area contributed by atoms with E-state index in [1.165, 1.54) is 69.8 Å². The number of hydrogen-bond donors (Lipinski definition) is 1. The second-order valence-electron chi connectivity index (χ2n) is 8.52. The second-order valence-corrected chi connectivity index (χ2v) is 8.52. The quantitative estimate of drug-likeness (QED) is 0.308. The van der Waals surface area contributed by atoms with Gasteiger partial charge in [0.15, 0.2) is 0 Å². The van der Waals surface area contributed by atoms with Crippen molar-refractivity contribution in [3.63, 3.8) is 0 Å². The molecule has 0 heterocycles. The molecule has 1 aromatic rings. The van der Waals surface area contributed by atoms with Gasteiger partial charge in [0, 0.05) is 6.04 Å². The topological polar surface area (TPSA) is 24.5 Å². The molecule has 3 heteroatoms. The summed E-state index contributed by atoms with van der Waals surface area (Å²) >= 11 is 0. The monoisotopic (exact) mass is 390 g/mol. The Morgan fingerprint density at radius 1 is 0.893 bits per heavy atom. The fourth-order valence-electron chi connectivity index (χ4n) is 3.41. The molecule has 162 valence electrons. The SMILES string of the molecule is CCCCCCCCCCOc1ccc(CCC(C)NCCCN(C)C)cc1. The summed E-state index contributed by atoms with van der Waals surface area (Å²) < 4.78 is 5.90. The van der Waals surface area contributed by atoms with Crippen molar-refractivity contribution in [2.24, 2.45) is 0 Å². The maximum absolute atomic E-state index is 5.90. The molecule has 1 atom stereocenters. The van der Waals surface area contributed by atoms with Gasteiger partial charge >= 0.3 is 0 Å². The minimum absolute atomic E-state index is 0.570. The van der Waals surface area contributed by atoms with Crippen molar-refractivity contribution in [3.05, 3.63) is 29.8 Å². The molecule has 0 aliphatic rings. The van der Waals surface area contributed by atoms with Crippen LogP contribution in [0.25, 0.3) is 0 Å². The average Bonchev–Trinajstić information content (AvgIpc) is 2.69. The first-order valence-electron chi connectivity index (χ1n) is 11.7. The van der Waals surface area contributed by atoms with Crippen LogP contribution in [0.15, 0.2) is 24.3 Å². The van der Waals surface area contributed by atoms with Gasteiger partial charge in [-0.25, -0.2) is 0 Å². The molecular formula is C25H46N2O. The Labute approximate surface area is 175 Å². The zero-order valence-corrected chi connectivity index (χ0v) is 19.1. The molecule has 28 heavy (non-hydrogen) atoms. The molecule has 0 bridgehead atoms. The van der Waals surface area contributed by atoms with Crippen molar-refractivity contribution in [3.8, 4) is 5.75 Å². The first kappa shape index (κ1) is 25.0. The number of nitrogens with one attached hydrogen (secondary N) is 1. The van der Waals surface area contributed by atoms with Gasteiger partial charge in [0.1, 0.15) is 5.75 Å². The number of ether oxygens (including phenoxy) is 1. The summed E-state index contributed by atoms with van der Waals surface area (Å²) in [6.45, 7) is 7.67. The van der Waals surface area contributed by atoms with Crippen LogP contribution in [0.1, 0.15) is 83.6 Å². The van der Waals surface area contributed by atoms with Crippen LogP contribution in [0.3, 0.4) is 0 Å². The van der Waals surface area contributed by atoms with Crippen LogP contribution in [-0.2, 0) is 6.42 Å². The van der Waals surface area contributed by atoms with Gasteiger partial charge in [0.25, 0.3) is 0 Å². The molecule has 0 saturated carbocycles. The standard InChI is InChI=1S/C25H46N2O/c1-5-6-7-8-9-10-11-12-22-28-25-18-16-24(17-19-25)15-14-23(2)26-20-13-21-27(3)4/h16-19,23,26H,5-15,20-22H2,1-4H3. The summed E-state index contributed by atoms with van der Waals surface area (Å²) in [6, 6.07) is 9.29. The van der Waals surface area contributed by atoms with E-state index in [-0.39, 0.29) is 0 Å². The smallest absolute Gasteiger partial charge is 0.119 e. The Kier molecular flexibility index (Phi) is 15.0. The maximum atomic E-state index is 5.90. The van der Waals surface area contributed by atoms with Crippen LogP contribution in [0.2, 0.25) is 0 Å². The van der Waals surface area contributed by atoms with Crippen molar-refractivity contribution in [2.45, 2.75) is 90.5 Å². The summed E-state index contributed by atoms with van der Waals surface area (Å²) in [5, 5.41) is 3.63. The van der Waals surface area contributed by atoms with Gasteiger partial charge in [-0.15, -0.1) is 0 Å². The summed E-state index contributed by atoms with van der Waals surface area (Å²) in [5.41, 5.74) is 1.40. The Morgan fingerprint density at radius 3 is 2.18 bits per heavy atom. The van der Waals surface area contributed by atoms with E-state index in [0.717, 1.165) is 31.9 Å². The average molecular weight is 391 g/mol. The van der Waals surface area contributed by atoms with Crippen molar-refractivity contribution < 1.29 is 4.74 Å². The van der Waals surface area contributed by atoms with Gasteiger partial charge in [-0.2, -0.15) is 0 Å². The van der Waals surface area contributed by atoms with Crippen molar-refractivity contribution in [1.82, 2.24) is 10.2 Å². The highest BCUT2D eigenvalue weighted by Gasteiger charge is 2.03. The minimum Gasteiger partial charge on any atom is -0.494 e. The predicted octanol–water partition coefficient (Wildman–Crippen LogP) is 6.07. The molecule has 0 aromatic heterocycles. The predicted molar refractivity (Wildman–Crippen MR) is 124 cm³/mol. The second kappa shape index (κ2) is 16.9. The maximum Gasteiger partial charge on any atom is 0.119 e. The van der Waals surface area contributed by atoms with Gasteiger partial charge in [0.05, 0.1) is 6.61 Å². The highest BCUT2D eigenvalue weighted by Crippen LogP contribution is 2.15. The lowest BCUT2D eigenvalue weighted by Gasteiger charge is -2.15. The zero-order valence-electron chi connectivity index (χ0n) is 19.1. The molecule has 0 spiro atoms. The Balaban J connectivity index is 2.05. The third-order valence-corrected chi connectivity index (χ3v) is 5.33. The van der Waals surface area contributed by atoms with Gasteiger partial charge < -0.3 is 15.0 Å². The molecule has 1 aromatic carbocycles. The van der Waals surface area contributed by atoms with E-state index in [4.69, 9.17) is 4.74 Å². The van der Waals surface area contributed by atoms with Crippen LogP contribution >= 0.6 is 0 Å². The van der Waals surface area contributed by atoms with E-state index < -0.39 is 0 Å². The van der Waals surface area contributed by atoms with Gasteiger partial charge in [-0.3, -0.25) is 0 Å². The molecule has 0 fully saturated rings. The third kappa shape index (κ3) is 14.0. The van der Waals surface area contributed by atoms with Crippen molar-refractivity contribution in [1.29, 1.82) is 0 Å². The molecule has 0 aliphatic carbocycles. The molecule has 3 nitrogen and oxygen atoms in total. The molecule has 0 saturated heterocycles. The summed E-state index contributed by atoms with van der Waals surface area (Å²) in [4.78, 5) is 2.24.